The van der Waals surface area contributed by atoms with E-state index in [1.54, 1.807) is 12.5 Å². The quantitative estimate of drug-likeness (QED) is 0.754. The van der Waals surface area contributed by atoms with Gasteiger partial charge in [0.1, 0.15) is 15.0 Å². The van der Waals surface area contributed by atoms with Gasteiger partial charge in [0.25, 0.3) is 5.56 Å². The standard InChI is InChI=1S/C16H19N5OS/c1-18-12-10(17)7-19-15-11(12)13-14(23-15)16(22)21(8-20-13)9-5-3-2-4-6-9/h7-9H,2-6,17H2,1H3,(H,18,19). The van der Waals surface area contributed by atoms with Crippen molar-refractivity contribution >= 4 is 43.1 Å². The summed E-state index contributed by atoms with van der Waals surface area (Å²) in [6.45, 7) is 0. The van der Waals surface area contributed by atoms with E-state index in [2.05, 4.69) is 15.3 Å². The summed E-state index contributed by atoms with van der Waals surface area (Å²) in [5.41, 5.74) is 8.11. The second-order valence-electron chi connectivity index (χ2n) is 6.05. The van der Waals surface area contributed by atoms with Gasteiger partial charge in [-0.05, 0) is 12.8 Å². The van der Waals surface area contributed by atoms with Crippen LogP contribution in [0.1, 0.15) is 38.1 Å². The summed E-state index contributed by atoms with van der Waals surface area (Å²) in [4.78, 5) is 22.7. The second kappa shape index (κ2) is 5.49. The normalized spacial score (nSPS) is 16.2. The summed E-state index contributed by atoms with van der Waals surface area (Å²) in [6, 6.07) is 0.278. The molecule has 0 spiro atoms. The van der Waals surface area contributed by atoms with Crippen LogP contribution in [0.15, 0.2) is 17.3 Å². The molecule has 1 fully saturated rings. The minimum absolute atomic E-state index is 0.0468. The number of fused-ring (bicyclic) bond motifs is 3. The Morgan fingerprint density at radius 3 is 2.83 bits per heavy atom. The Morgan fingerprint density at radius 2 is 2.09 bits per heavy atom. The molecule has 0 saturated heterocycles. The third kappa shape index (κ3) is 2.18. The summed E-state index contributed by atoms with van der Waals surface area (Å²) >= 11 is 1.40. The number of nitrogens with one attached hydrogen (secondary N) is 1. The van der Waals surface area contributed by atoms with Crippen LogP contribution < -0.4 is 16.6 Å². The van der Waals surface area contributed by atoms with Gasteiger partial charge in [0.2, 0.25) is 0 Å². The third-order valence-electron chi connectivity index (χ3n) is 4.68. The average Bonchev–Trinajstić information content (AvgIpc) is 2.96. The molecular weight excluding hydrogens is 310 g/mol. The number of thiophene rings is 1. The van der Waals surface area contributed by atoms with Crippen LogP contribution in [0.4, 0.5) is 11.4 Å². The number of nitrogens with two attached hydrogens (primary N) is 1. The summed E-state index contributed by atoms with van der Waals surface area (Å²) in [7, 11) is 1.82. The monoisotopic (exact) mass is 329 g/mol. The first-order valence-corrected chi connectivity index (χ1v) is 8.78. The highest BCUT2D eigenvalue weighted by Crippen LogP contribution is 2.37. The van der Waals surface area contributed by atoms with Gasteiger partial charge in [0.15, 0.2) is 0 Å². The zero-order chi connectivity index (χ0) is 16.0. The lowest BCUT2D eigenvalue weighted by molar-refractivity contribution is 0.345. The maximum absolute atomic E-state index is 12.9. The first-order valence-electron chi connectivity index (χ1n) is 7.96. The van der Waals surface area contributed by atoms with Crippen molar-refractivity contribution in [3.63, 3.8) is 0 Å². The molecule has 1 saturated carbocycles. The van der Waals surface area contributed by atoms with Crippen molar-refractivity contribution in [1.29, 1.82) is 0 Å². The molecule has 0 unspecified atom stereocenters. The van der Waals surface area contributed by atoms with Gasteiger partial charge < -0.3 is 11.1 Å². The zero-order valence-electron chi connectivity index (χ0n) is 13.0. The highest BCUT2D eigenvalue weighted by atomic mass is 32.1. The largest absolute Gasteiger partial charge is 0.396 e. The first kappa shape index (κ1) is 14.4. The molecule has 120 valence electrons. The lowest BCUT2D eigenvalue weighted by atomic mass is 9.95. The van der Waals surface area contributed by atoms with Crippen LogP contribution in [-0.4, -0.2) is 21.6 Å². The van der Waals surface area contributed by atoms with Crippen LogP contribution >= 0.6 is 11.3 Å². The minimum atomic E-state index is 0.0468. The van der Waals surface area contributed by atoms with Gasteiger partial charge in [-0.2, -0.15) is 0 Å². The molecular formula is C16H19N5OS. The smallest absolute Gasteiger partial charge is 0.271 e. The van der Waals surface area contributed by atoms with Gasteiger partial charge in [0.05, 0.1) is 29.3 Å². The highest BCUT2D eigenvalue weighted by Gasteiger charge is 2.21. The molecule has 6 nitrogen and oxygen atoms in total. The topological polar surface area (TPSA) is 85.8 Å². The van der Waals surface area contributed by atoms with Crippen molar-refractivity contribution in [2.45, 2.75) is 38.1 Å². The molecule has 1 aliphatic carbocycles. The molecule has 3 aromatic heterocycles. The lowest BCUT2D eigenvalue weighted by Gasteiger charge is -2.23. The van der Waals surface area contributed by atoms with Gasteiger partial charge >= 0.3 is 0 Å². The molecule has 0 amide bonds. The summed E-state index contributed by atoms with van der Waals surface area (Å²) in [6.07, 6.45) is 9.08. The maximum Gasteiger partial charge on any atom is 0.271 e. The summed E-state index contributed by atoms with van der Waals surface area (Å²) in [5.74, 6) is 0. The molecule has 3 aromatic rings. The van der Waals surface area contributed by atoms with Crippen LogP contribution in [0.3, 0.4) is 0 Å². The number of aromatic nitrogens is 3. The number of hydrogen-bond acceptors (Lipinski definition) is 6. The van der Waals surface area contributed by atoms with Crippen molar-refractivity contribution in [2.75, 3.05) is 18.1 Å². The van der Waals surface area contributed by atoms with Crippen LogP contribution in [-0.2, 0) is 0 Å². The second-order valence-corrected chi connectivity index (χ2v) is 7.05. The number of hydrogen-bond donors (Lipinski definition) is 2. The predicted molar refractivity (Wildman–Crippen MR) is 95.3 cm³/mol. The number of anilines is 2. The summed E-state index contributed by atoms with van der Waals surface area (Å²) in [5, 5.41) is 3.95. The van der Waals surface area contributed by atoms with E-state index in [1.165, 1.54) is 30.6 Å². The van der Waals surface area contributed by atoms with E-state index >= 15 is 0 Å². The Balaban J connectivity index is 1.98. The molecule has 0 radical (unpaired) electrons. The Kier molecular flexibility index (Phi) is 3.45. The number of nitrogen functional groups attached to an aromatic ring is 1. The molecule has 1 aliphatic rings. The van der Waals surface area contributed by atoms with E-state index in [0.29, 0.717) is 15.9 Å². The number of pyridine rings is 1. The maximum atomic E-state index is 12.9. The Labute approximate surface area is 137 Å². The molecule has 0 bridgehead atoms. The van der Waals surface area contributed by atoms with E-state index in [0.717, 1.165) is 28.7 Å². The van der Waals surface area contributed by atoms with E-state index in [9.17, 15) is 4.79 Å². The fourth-order valence-electron chi connectivity index (χ4n) is 3.51. The molecule has 0 aromatic carbocycles. The molecule has 0 aliphatic heterocycles. The van der Waals surface area contributed by atoms with E-state index in [4.69, 9.17) is 5.73 Å². The molecule has 23 heavy (non-hydrogen) atoms. The predicted octanol–water partition coefficient (Wildman–Crippen LogP) is 3.14. The fourth-order valence-corrected chi connectivity index (χ4v) is 4.55. The van der Waals surface area contributed by atoms with Gasteiger partial charge in [-0.3, -0.25) is 9.36 Å². The van der Waals surface area contributed by atoms with Crippen molar-refractivity contribution in [3.05, 3.63) is 22.9 Å². The Hall–Kier alpha value is -2.15. The van der Waals surface area contributed by atoms with E-state index in [-0.39, 0.29) is 11.6 Å². The number of rotatable bonds is 2. The van der Waals surface area contributed by atoms with E-state index < -0.39 is 0 Å². The zero-order valence-corrected chi connectivity index (χ0v) is 13.8. The van der Waals surface area contributed by atoms with Gasteiger partial charge in [0, 0.05) is 13.1 Å². The minimum Gasteiger partial charge on any atom is -0.396 e. The molecule has 3 heterocycles. The Morgan fingerprint density at radius 1 is 1.30 bits per heavy atom. The van der Waals surface area contributed by atoms with E-state index in [1.807, 2.05) is 11.6 Å². The Bertz CT molecular complexity index is 939. The van der Waals surface area contributed by atoms with Crippen LogP contribution in [0, 0.1) is 0 Å². The SMILES string of the molecule is CNc1c(N)cnc2sc3c(=O)n(C4CCCCC4)cnc3c12. The molecule has 4 rings (SSSR count). The van der Waals surface area contributed by atoms with Gasteiger partial charge in [-0.1, -0.05) is 19.3 Å². The van der Waals surface area contributed by atoms with Gasteiger partial charge in [-0.25, -0.2) is 9.97 Å². The van der Waals surface area contributed by atoms with Crippen molar-refractivity contribution in [3.8, 4) is 0 Å². The van der Waals surface area contributed by atoms with Crippen molar-refractivity contribution in [1.82, 2.24) is 14.5 Å². The van der Waals surface area contributed by atoms with Crippen LogP contribution in [0.25, 0.3) is 20.4 Å². The molecule has 7 heteroatoms. The molecule has 3 N–H and O–H groups in total. The van der Waals surface area contributed by atoms with Gasteiger partial charge in [-0.15, -0.1) is 11.3 Å². The average molecular weight is 329 g/mol. The first-order chi connectivity index (χ1) is 11.2. The highest BCUT2D eigenvalue weighted by molar-refractivity contribution is 7.25. The lowest BCUT2D eigenvalue weighted by Crippen LogP contribution is -2.26. The van der Waals surface area contributed by atoms with Crippen molar-refractivity contribution in [2.24, 2.45) is 0 Å². The summed E-state index contributed by atoms with van der Waals surface area (Å²) < 4.78 is 2.49. The fraction of sp³-hybridized carbons (Fsp3) is 0.438. The number of nitrogens with zero attached hydrogens (tertiary/aromatic N) is 3. The third-order valence-corrected chi connectivity index (χ3v) is 5.76. The molecule has 0 atom stereocenters. The van der Waals surface area contributed by atoms with Crippen LogP contribution in [0.5, 0.6) is 0 Å². The van der Waals surface area contributed by atoms with Crippen molar-refractivity contribution < 1.29 is 0 Å². The van der Waals surface area contributed by atoms with Crippen LogP contribution in [0.2, 0.25) is 0 Å².